The van der Waals surface area contributed by atoms with E-state index in [1.54, 1.807) is 6.92 Å². The lowest BCUT2D eigenvalue weighted by Gasteiger charge is -2.33. The second kappa shape index (κ2) is 3.00. The maximum atomic E-state index is 11.3. The Bertz CT molecular complexity index is 217. The molecule has 3 amide bonds. The van der Waals surface area contributed by atoms with Gasteiger partial charge in [-0.25, -0.2) is 10.2 Å². The van der Waals surface area contributed by atoms with E-state index < -0.39 is 5.54 Å². The Kier molecular flexibility index (Phi) is 2.21. The van der Waals surface area contributed by atoms with Crippen LogP contribution in [-0.4, -0.2) is 17.5 Å². The van der Waals surface area contributed by atoms with Gasteiger partial charge >= 0.3 is 6.03 Å². The summed E-state index contributed by atoms with van der Waals surface area (Å²) in [6.45, 7) is 3.68. The molecular formula is C7H13N3O2. The van der Waals surface area contributed by atoms with Gasteiger partial charge in [0.25, 0.3) is 5.91 Å². The highest BCUT2D eigenvalue weighted by molar-refractivity contribution is 5.95. The first-order valence-electron chi connectivity index (χ1n) is 3.97. The standard InChI is InChI=1S/C7H13N3O2/c1-3-4-7(2)5(11)9-10-6(12)8-7/h3-4H2,1-2H3,(H,9,11)(H2,8,10,12). The molecule has 1 unspecified atom stereocenters. The number of amides is 3. The van der Waals surface area contributed by atoms with Crippen LogP contribution in [0.5, 0.6) is 0 Å². The topological polar surface area (TPSA) is 70.2 Å². The largest absolute Gasteiger partial charge is 0.334 e. The predicted octanol–water partition coefficient (Wildman–Crippen LogP) is -0.111. The number of nitrogens with one attached hydrogen (secondary N) is 3. The molecule has 0 aliphatic carbocycles. The van der Waals surface area contributed by atoms with Crippen LogP contribution in [-0.2, 0) is 4.79 Å². The van der Waals surface area contributed by atoms with Crippen LogP contribution in [0.2, 0.25) is 0 Å². The molecule has 0 aromatic carbocycles. The molecule has 12 heavy (non-hydrogen) atoms. The second-order valence-corrected chi connectivity index (χ2v) is 3.12. The van der Waals surface area contributed by atoms with Gasteiger partial charge in [-0.3, -0.25) is 10.2 Å². The van der Waals surface area contributed by atoms with Gasteiger partial charge in [0.1, 0.15) is 5.54 Å². The van der Waals surface area contributed by atoms with Crippen molar-refractivity contribution >= 4 is 11.9 Å². The fraction of sp³-hybridized carbons (Fsp3) is 0.714. The molecule has 5 nitrogen and oxygen atoms in total. The Morgan fingerprint density at radius 1 is 1.33 bits per heavy atom. The van der Waals surface area contributed by atoms with Gasteiger partial charge in [0, 0.05) is 0 Å². The van der Waals surface area contributed by atoms with Crippen LogP contribution in [0.1, 0.15) is 26.7 Å². The van der Waals surface area contributed by atoms with Gasteiger partial charge in [-0.15, -0.1) is 0 Å². The van der Waals surface area contributed by atoms with Crippen molar-refractivity contribution in [2.75, 3.05) is 0 Å². The molecule has 1 heterocycles. The number of hydrogen-bond donors (Lipinski definition) is 3. The van der Waals surface area contributed by atoms with Crippen molar-refractivity contribution < 1.29 is 9.59 Å². The van der Waals surface area contributed by atoms with Crippen molar-refractivity contribution in [2.45, 2.75) is 32.2 Å². The van der Waals surface area contributed by atoms with Crippen molar-refractivity contribution in [2.24, 2.45) is 0 Å². The summed E-state index contributed by atoms with van der Waals surface area (Å²) in [6.07, 6.45) is 1.50. The first kappa shape index (κ1) is 8.83. The number of rotatable bonds is 2. The van der Waals surface area contributed by atoms with Gasteiger partial charge in [0.05, 0.1) is 0 Å². The summed E-state index contributed by atoms with van der Waals surface area (Å²) in [7, 11) is 0. The zero-order chi connectivity index (χ0) is 9.19. The van der Waals surface area contributed by atoms with Gasteiger partial charge in [0.2, 0.25) is 0 Å². The average Bonchev–Trinajstić information content (AvgIpc) is 1.98. The Morgan fingerprint density at radius 3 is 2.58 bits per heavy atom. The van der Waals surface area contributed by atoms with Crippen molar-refractivity contribution in [3.63, 3.8) is 0 Å². The molecular weight excluding hydrogens is 158 g/mol. The number of urea groups is 1. The second-order valence-electron chi connectivity index (χ2n) is 3.12. The lowest BCUT2D eigenvalue weighted by atomic mass is 9.95. The number of hydrazine groups is 1. The molecule has 0 saturated carbocycles. The summed E-state index contributed by atoms with van der Waals surface area (Å²) in [6, 6.07) is -0.356. The van der Waals surface area contributed by atoms with Crippen LogP contribution in [0.25, 0.3) is 0 Å². The van der Waals surface area contributed by atoms with Gasteiger partial charge in [-0.1, -0.05) is 13.3 Å². The zero-order valence-corrected chi connectivity index (χ0v) is 7.23. The fourth-order valence-corrected chi connectivity index (χ4v) is 1.27. The predicted molar refractivity (Wildman–Crippen MR) is 43.1 cm³/mol. The molecule has 5 heteroatoms. The van der Waals surface area contributed by atoms with E-state index in [0.717, 1.165) is 6.42 Å². The maximum Gasteiger partial charge on any atom is 0.334 e. The summed E-state index contributed by atoms with van der Waals surface area (Å²) >= 11 is 0. The number of hydrogen-bond acceptors (Lipinski definition) is 2. The number of carbonyl (C=O) groups is 2. The van der Waals surface area contributed by atoms with E-state index in [2.05, 4.69) is 16.2 Å². The van der Waals surface area contributed by atoms with E-state index in [-0.39, 0.29) is 11.9 Å². The van der Waals surface area contributed by atoms with Gasteiger partial charge < -0.3 is 5.32 Å². The molecule has 0 spiro atoms. The minimum atomic E-state index is -0.753. The average molecular weight is 171 g/mol. The van der Waals surface area contributed by atoms with E-state index in [1.165, 1.54) is 0 Å². The molecule has 1 aliphatic heterocycles. The first-order chi connectivity index (χ1) is 5.58. The van der Waals surface area contributed by atoms with Crippen molar-refractivity contribution in [3.8, 4) is 0 Å². The molecule has 1 atom stereocenters. The van der Waals surface area contributed by atoms with Crippen LogP contribution in [0.15, 0.2) is 0 Å². The third kappa shape index (κ3) is 1.49. The number of carbonyl (C=O) groups excluding carboxylic acids is 2. The Balaban J connectivity index is 2.70. The molecule has 1 aliphatic rings. The van der Waals surface area contributed by atoms with Crippen molar-refractivity contribution in [1.29, 1.82) is 0 Å². The van der Waals surface area contributed by atoms with E-state index in [1.807, 2.05) is 6.92 Å². The van der Waals surface area contributed by atoms with Crippen LogP contribution in [0, 0.1) is 0 Å². The molecule has 68 valence electrons. The molecule has 3 N–H and O–H groups in total. The van der Waals surface area contributed by atoms with Gasteiger partial charge in [-0.05, 0) is 13.3 Å². The third-order valence-electron chi connectivity index (χ3n) is 1.93. The molecule has 0 aromatic heterocycles. The summed E-state index contributed by atoms with van der Waals surface area (Å²) in [5.41, 5.74) is 3.75. The van der Waals surface area contributed by atoms with Crippen molar-refractivity contribution in [1.82, 2.24) is 16.2 Å². The van der Waals surface area contributed by atoms with E-state index in [4.69, 9.17) is 0 Å². The van der Waals surface area contributed by atoms with Crippen molar-refractivity contribution in [3.05, 3.63) is 0 Å². The molecule has 0 radical (unpaired) electrons. The first-order valence-corrected chi connectivity index (χ1v) is 3.97. The van der Waals surface area contributed by atoms with Crippen LogP contribution in [0.3, 0.4) is 0 Å². The molecule has 1 saturated heterocycles. The molecule has 1 fully saturated rings. The highest BCUT2D eigenvalue weighted by Crippen LogP contribution is 2.13. The Labute approximate surface area is 70.9 Å². The SMILES string of the molecule is CCCC1(C)NC(=O)NNC1=O. The normalized spacial score (nSPS) is 28.8. The minimum absolute atomic E-state index is 0.191. The highest BCUT2D eigenvalue weighted by atomic mass is 16.2. The summed E-state index contributed by atoms with van der Waals surface area (Å²) < 4.78 is 0. The van der Waals surface area contributed by atoms with Gasteiger partial charge in [-0.2, -0.15) is 0 Å². The van der Waals surface area contributed by atoms with E-state index in [9.17, 15) is 9.59 Å². The maximum absolute atomic E-state index is 11.3. The summed E-state index contributed by atoms with van der Waals surface area (Å²) in [5, 5.41) is 2.58. The minimum Gasteiger partial charge on any atom is -0.322 e. The summed E-state index contributed by atoms with van der Waals surface area (Å²) in [4.78, 5) is 22.1. The summed E-state index contributed by atoms with van der Waals surface area (Å²) in [5.74, 6) is -0.191. The van der Waals surface area contributed by atoms with Crippen LogP contribution in [0.4, 0.5) is 4.79 Å². The van der Waals surface area contributed by atoms with E-state index in [0.29, 0.717) is 6.42 Å². The lowest BCUT2D eigenvalue weighted by molar-refractivity contribution is -0.129. The van der Waals surface area contributed by atoms with E-state index >= 15 is 0 Å². The molecule has 1 rings (SSSR count). The lowest BCUT2D eigenvalue weighted by Crippen LogP contribution is -2.68. The Hall–Kier alpha value is -1.26. The highest BCUT2D eigenvalue weighted by Gasteiger charge is 2.37. The fourth-order valence-electron chi connectivity index (χ4n) is 1.27. The smallest absolute Gasteiger partial charge is 0.322 e. The monoisotopic (exact) mass is 171 g/mol. The quantitative estimate of drug-likeness (QED) is 0.542. The Morgan fingerprint density at radius 2 is 2.00 bits per heavy atom. The molecule has 0 bridgehead atoms. The van der Waals surface area contributed by atoms with Crippen LogP contribution >= 0.6 is 0 Å². The zero-order valence-electron chi connectivity index (χ0n) is 7.23. The molecule has 0 aromatic rings. The van der Waals surface area contributed by atoms with Crippen LogP contribution < -0.4 is 16.2 Å². The third-order valence-corrected chi connectivity index (χ3v) is 1.93. The van der Waals surface area contributed by atoms with Gasteiger partial charge in [0.15, 0.2) is 0 Å².